The van der Waals surface area contributed by atoms with E-state index in [9.17, 15) is 10.1 Å². The molecule has 0 bridgehead atoms. The molecule has 4 nitrogen and oxygen atoms in total. The smallest absolute Gasteiger partial charge is 0.269 e. The third-order valence-electron chi connectivity index (χ3n) is 3.07. The highest BCUT2D eigenvalue weighted by Crippen LogP contribution is 2.17. The van der Waals surface area contributed by atoms with E-state index in [2.05, 4.69) is 26.1 Å². The molecule has 2 atom stereocenters. The van der Waals surface area contributed by atoms with Crippen molar-refractivity contribution in [1.82, 2.24) is 5.32 Å². The van der Waals surface area contributed by atoms with Crippen molar-refractivity contribution in [2.75, 3.05) is 6.54 Å². The van der Waals surface area contributed by atoms with E-state index in [1.54, 1.807) is 12.1 Å². The zero-order valence-corrected chi connectivity index (χ0v) is 10.6. The first-order chi connectivity index (χ1) is 8.04. The van der Waals surface area contributed by atoms with Crippen molar-refractivity contribution in [2.45, 2.75) is 33.2 Å². The van der Waals surface area contributed by atoms with E-state index < -0.39 is 0 Å². The number of benzene rings is 1. The van der Waals surface area contributed by atoms with Crippen LogP contribution in [-0.4, -0.2) is 11.5 Å². The highest BCUT2D eigenvalue weighted by atomic mass is 16.6. The van der Waals surface area contributed by atoms with Gasteiger partial charge in [-0.15, -0.1) is 0 Å². The van der Waals surface area contributed by atoms with Gasteiger partial charge in [0, 0.05) is 18.2 Å². The van der Waals surface area contributed by atoms with Gasteiger partial charge in [0.1, 0.15) is 0 Å². The van der Waals surface area contributed by atoms with Crippen LogP contribution in [-0.2, 0) is 0 Å². The molecule has 1 N–H and O–H groups in total. The number of nitro benzene ring substituents is 1. The zero-order valence-electron chi connectivity index (χ0n) is 10.6. The van der Waals surface area contributed by atoms with Gasteiger partial charge in [-0.1, -0.05) is 32.4 Å². The van der Waals surface area contributed by atoms with Crippen molar-refractivity contribution in [3.8, 4) is 0 Å². The van der Waals surface area contributed by atoms with Gasteiger partial charge in [0.15, 0.2) is 0 Å². The minimum atomic E-state index is -0.374. The monoisotopic (exact) mass is 236 g/mol. The van der Waals surface area contributed by atoms with Crippen LogP contribution in [0, 0.1) is 16.0 Å². The Morgan fingerprint density at radius 2 is 1.88 bits per heavy atom. The van der Waals surface area contributed by atoms with E-state index in [1.807, 2.05) is 12.1 Å². The second-order valence-corrected chi connectivity index (χ2v) is 4.49. The molecule has 17 heavy (non-hydrogen) atoms. The minimum Gasteiger partial charge on any atom is -0.310 e. The SMILES string of the molecule is CC[C@H](C)CN[C@H](C)c1ccc([N+](=O)[O-])cc1. The molecule has 0 fully saturated rings. The maximum Gasteiger partial charge on any atom is 0.269 e. The average molecular weight is 236 g/mol. The summed E-state index contributed by atoms with van der Waals surface area (Å²) >= 11 is 0. The maximum absolute atomic E-state index is 10.5. The molecule has 94 valence electrons. The maximum atomic E-state index is 10.5. The van der Waals surface area contributed by atoms with Gasteiger partial charge >= 0.3 is 0 Å². The molecule has 0 heterocycles. The number of non-ortho nitro benzene ring substituents is 1. The lowest BCUT2D eigenvalue weighted by molar-refractivity contribution is -0.384. The Morgan fingerprint density at radius 3 is 2.35 bits per heavy atom. The van der Waals surface area contributed by atoms with E-state index in [0.717, 1.165) is 18.5 Å². The van der Waals surface area contributed by atoms with Crippen LogP contribution in [0.2, 0.25) is 0 Å². The summed E-state index contributed by atoms with van der Waals surface area (Å²) in [6, 6.07) is 6.96. The predicted molar refractivity (Wildman–Crippen MR) is 69.0 cm³/mol. The van der Waals surface area contributed by atoms with Gasteiger partial charge in [-0.3, -0.25) is 10.1 Å². The van der Waals surface area contributed by atoms with Gasteiger partial charge in [-0.2, -0.15) is 0 Å². The lowest BCUT2D eigenvalue weighted by atomic mass is 10.1. The van der Waals surface area contributed by atoms with Crippen LogP contribution in [0.15, 0.2) is 24.3 Å². The Morgan fingerprint density at radius 1 is 1.29 bits per heavy atom. The summed E-state index contributed by atoms with van der Waals surface area (Å²) in [6.07, 6.45) is 1.15. The van der Waals surface area contributed by atoms with E-state index in [-0.39, 0.29) is 16.7 Å². The van der Waals surface area contributed by atoms with E-state index in [0.29, 0.717) is 5.92 Å². The number of hydrogen-bond acceptors (Lipinski definition) is 3. The molecule has 0 unspecified atom stereocenters. The highest BCUT2D eigenvalue weighted by Gasteiger charge is 2.09. The molecule has 0 saturated carbocycles. The van der Waals surface area contributed by atoms with Crippen LogP contribution in [0.4, 0.5) is 5.69 Å². The summed E-state index contributed by atoms with van der Waals surface area (Å²) < 4.78 is 0. The third-order valence-corrected chi connectivity index (χ3v) is 3.07. The fourth-order valence-corrected chi connectivity index (χ4v) is 1.52. The van der Waals surface area contributed by atoms with Crippen LogP contribution in [0.25, 0.3) is 0 Å². The average Bonchev–Trinajstić information content (AvgIpc) is 2.35. The Hall–Kier alpha value is -1.42. The van der Waals surface area contributed by atoms with Crippen LogP contribution in [0.3, 0.4) is 0 Å². The fourth-order valence-electron chi connectivity index (χ4n) is 1.52. The van der Waals surface area contributed by atoms with Crippen LogP contribution in [0.5, 0.6) is 0 Å². The molecule has 0 aliphatic carbocycles. The van der Waals surface area contributed by atoms with Crippen molar-refractivity contribution in [2.24, 2.45) is 5.92 Å². The van der Waals surface area contributed by atoms with Gasteiger partial charge in [0.05, 0.1) is 4.92 Å². The molecule has 0 aliphatic heterocycles. The number of nitro groups is 1. The minimum absolute atomic E-state index is 0.142. The molecule has 0 aromatic heterocycles. The number of rotatable bonds is 6. The first-order valence-electron chi connectivity index (χ1n) is 6.02. The van der Waals surface area contributed by atoms with Crippen molar-refractivity contribution in [3.05, 3.63) is 39.9 Å². The molecule has 1 aromatic carbocycles. The lowest BCUT2D eigenvalue weighted by Gasteiger charge is -2.17. The van der Waals surface area contributed by atoms with Gasteiger partial charge in [-0.05, 0) is 24.9 Å². The molecule has 0 aliphatic rings. The highest BCUT2D eigenvalue weighted by molar-refractivity contribution is 5.33. The van der Waals surface area contributed by atoms with E-state index in [1.165, 1.54) is 0 Å². The number of nitrogens with one attached hydrogen (secondary N) is 1. The van der Waals surface area contributed by atoms with Crippen molar-refractivity contribution < 1.29 is 4.92 Å². The third kappa shape index (κ3) is 4.15. The summed E-state index contributed by atoms with van der Waals surface area (Å²) in [5.41, 5.74) is 1.22. The molecule has 1 aromatic rings. The summed E-state index contributed by atoms with van der Waals surface area (Å²) in [5.74, 6) is 0.649. The molecule has 0 spiro atoms. The summed E-state index contributed by atoms with van der Waals surface area (Å²) in [6.45, 7) is 7.41. The molecule has 0 saturated heterocycles. The van der Waals surface area contributed by atoms with Crippen molar-refractivity contribution in [1.29, 1.82) is 0 Å². The summed E-state index contributed by atoms with van der Waals surface area (Å²) in [5, 5.41) is 14.0. The molecule has 1 rings (SSSR count). The van der Waals surface area contributed by atoms with Gasteiger partial charge in [0.2, 0.25) is 0 Å². The lowest BCUT2D eigenvalue weighted by Crippen LogP contribution is -2.24. The van der Waals surface area contributed by atoms with E-state index in [4.69, 9.17) is 0 Å². The quantitative estimate of drug-likeness (QED) is 0.609. The second kappa shape index (κ2) is 6.35. The van der Waals surface area contributed by atoms with Crippen LogP contribution >= 0.6 is 0 Å². The van der Waals surface area contributed by atoms with Gasteiger partial charge < -0.3 is 5.32 Å². The van der Waals surface area contributed by atoms with Crippen molar-refractivity contribution >= 4 is 5.69 Å². The number of nitrogens with zero attached hydrogens (tertiary/aromatic N) is 1. The van der Waals surface area contributed by atoms with Gasteiger partial charge in [0.25, 0.3) is 5.69 Å². The molecule has 0 amide bonds. The molecule has 4 heteroatoms. The Bertz CT molecular complexity index is 362. The standard InChI is InChI=1S/C13H20N2O2/c1-4-10(2)9-14-11(3)12-5-7-13(8-6-12)15(16)17/h5-8,10-11,14H,4,9H2,1-3H3/t10-,11+/m0/s1. The topological polar surface area (TPSA) is 55.2 Å². The molecular formula is C13H20N2O2. The first-order valence-corrected chi connectivity index (χ1v) is 6.02. The number of hydrogen-bond donors (Lipinski definition) is 1. The first kappa shape index (κ1) is 13.6. The largest absolute Gasteiger partial charge is 0.310 e. The van der Waals surface area contributed by atoms with Crippen molar-refractivity contribution in [3.63, 3.8) is 0 Å². The van der Waals surface area contributed by atoms with Crippen LogP contribution in [0.1, 0.15) is 38.8 Å². The second-order valence-electron chi connectivity index (χ2n) is 4.49. The summed E-state index contributed by atoms with van der Waals surface area (Å²) in [4.78, 5) is 10.2. The zero-order chi connectivity index (χ0) is 12.8. The Labute approximate surface area is 102 Å². The fraction of sp³-hybridized carbons (Fsp3) is 0.538. The normalized spacial score (nSPS) is 14.3. The molecule has 0 radical (unpaired) electrons. The Kier molecular flexibility index (Phi) is 5.10. The molecular weight excluding hydrogens is 216 g/mol. The van der Waals surface area contributed by atoms with E-state index >= 15 is 0 Å². The Balaban J connectivity index is 2.57. The van der Waals surface area contributed by atoms with Crippen LogP contribution < -0.4 is 5.32 Å². The summed E-state index contributed by atoms with van der Waals surface area (Å²) in [7, 11) is 0. The predicted octanol–water partition coefficient (Wildman–Crippen LogP) is 3.29. The van der Waals surface area contributed by atoms with Gasteiger partial charge in [-0.25, -0.2) is 0 Å².